The Bertz CT molecular complexity index is 477. The molecule has 0 radical (unpaired) electrons. The van der Waals surface area contributed by atoms with Gasteiger partial charge in [-0.05, 0) is 12.1 Å². The third-order valence-electron chi connectivity index (χ3n) is 2.54. The molecule has 0 spiro atoms. The zero-order chi connectivity index (χ0) is 14.8. The van der Waals surface area contributed by atoms with E-state index in [4.69, 9.17) is 15.6 Å². The summed E-state index contributed by atoms with van der Waals surface area (Å²) in [6, 6.07) is 3.33. The van der Waals surface area contributed by atoms with Crippen molar-refractivity contribution in [3.8, 4) is 11.8 Å². The third-order valence-corrected chi connectivity index (χ3v) is 2.54. The number of pyridine rings is 1. The molecule has 1 heterocycles. The average molecular weight is 277 g/mol. The van der Waals surface area contributed by atoms with Gasteiger partial charge in [0.1, 0.15) is 5.69 Å². The third kappa shape index (κ3) is 4.97. The molecule has 20 heavy (non-hydrogen) atoms. The van der Waals surface area contributed by atoms with E-state index in [0.717, 1.165) is 0 Å². The van der Waals surface area contributed by atoms with E-state index in [1.165, 1.54) is 11.1 Å². The monoisotopic (exact) mass is 277 g/mol. The number of nitrogens with two attached hydrogens (primary N) is 1. The Morgan fingerprint density at radius 3 is 2.85 bits per heavy atom. The van der Waals surface area contributed by atoms with Gasteiger partial charge in [-0.25, -0.2) is 4.98 Å². The number of aliphatic hydroxyl groups excluding tert-OH is 1. The van der Waals surface area contributed by atoms with Crippen molar-refractivity contribution in [2.24, 2.45) is 5.73 Å². The van der Waals surface area contributed by atoms with Gasteiger partial charge in [0.05, 0.1) is 19.8 Å². The van der Waals surface area contributed by atoms with E-state index in [-0.39, 0.29) is 25.6 Å². The van der Waals surface area contributed by atoms with Crippen LogP contribution in [0.3, 0.4) is 0 Å². The molecule has 0 aromatic carbocycles. The first-order valence-electron chi connectivity index (χ1n) is 6.27. The second-order valence-corrected chi connectivity index (χ2v) is 3.95. The minimum Gasteiger partial charge on any atom is -0.395 e. The minimum atomic E-state index is -0.241. The Kier molecular flexibility index (Phi) is 7.29. The zero-order valence-corrected chi connectivity index (χ0v) is 11.5. The van der Waals surface area contributed by atoms with Crippen molar-refractivity contribution < 1.29 is 14.6 Å². The summed E-state index contributed by atoms with van der Waals surface area (Å²) in [5.41, 5.74) is 6.30. The second kappa shape index (κ2) is 9.04. The summed E-state index contributed by atoms with van der Waals surface area (Å²) in [4.78, 5) is 17.8. The van der Waals surface area contributed by atoms with Crippen LogP contribution in [0.15, 0.2) is 18.3 Å². The maximum Gasteiger partial charge on any atom is 0.272 e. The number of carbonyl (C=O) groups is 1. The number of aliphatic hydroxyl groups is 1. The molecule has 6 nitrogen and oxygen atoms in total. The summed E-state index contributed by atoms with van der Waals surface area (Å²) in [6.45, 7) is 1.24. The van der Waals surface area contributed by atoms with Gasteiger partial charge < -0.3 is 20.5 Å². The Labute approximate surface area is 118 Å². The molecule has 0 fully saturated rings. The van der Waals surface area contributed by atoms with Crippen LogP contribution in [0.4, 0.5) is 0 Å². The molecule has 0 aliphatic rings. The molecule has 0 saturated heterocycles. The van der Waals surface area contributed by atoms with Crippen molar-refractivity contribution in [2.75, 3.05) is 40.0 Å². The van der Waals surface area contributed by atoms with Crippen molar-refractivity contribution in [3.63, 3.8) is 0 Å². The van der Waals surface area contributed by atoms with Crippen LogP contribution in [0, 0.1) is 11.8 Å². The smallest absolute Gasteiger partial charge is 0.272 e. The molecule has 6 heteroatoms. The van der Waals surface area contributed by atoms with Crippen molar-refractivity contribution >= 4 is 5.91 Å². The minimum absolute atomic E-state index is 0.102. The van der Waals surface area contributed by atoms with Crippen molar-refractivity contribution in [1.29, 1.82) is 0 Å². The van der Waals surface area contributed by atoms with E-state index >= 15 is 0 Å². The van der Waals surface area contributed by atoms with Gasteiger partial charge in [0.25, 0.3) is 5.91 Å². The molecule has 0 aliphatic carbocycles. The maximum atomic E-state index is 12.2. The average Bonchev–Trinajstić information content (AvgIpc) is 2.49. The van der Waals surface area contributed by atoms with Crippen LogP contribution in [-0.4, -0.2) is 60.9 Å². The number of hydrogen-bond acceptors (Lipinski definition) is 5. The van der Waals surface area contributed by atoms with Crippen LogP contribution in [0.1, 0.15) is 16.1 Å². The molecule has 0 saturated carbocycles. The van der Waals surface area contributed by atoms with Gasteiger partial charge in [0, 0.05) is 32.0 Å². The number of ether oxygens (including phenoxy) is 1. The summed E-state index contributed by atoms with van der Waals surface area (Å²) >= 11 is 0. The molecule has 0 unspecified atom stereocenters. The Balaban J connectivity index is 2.77. The predicted molar refractivity (Wildman–Crippen MR) is 75.0 cm³/mol. The molecule has 0 atom stereocenters. The summed E-state index contributed by atoms with van der Waals surface area (Å²) in [5.74, 6) is 5.31. The van der Waals surface area contributed by atoms with Crippen molar-refractivity contribution in [1.82, 2.24) is 9.88 Å². The highest BCUT2D eigenvalue weighted by atomic mass is 16.5. The van der Waals surface area contributed by atoms with Gasteiger partial charge in [-0.2, -0.15) is 0 Å². The van der Waals surface area contributed by atoms with Gasteiger partial charge in [0.2, 0.25) is 0 Å². The number of nitrogens with zero attached hydrogens (tertiary/aromatic N) is 2. The van der Waals surface area contributed by atoms with E-state index in [0.29, 0.717) is 24.4 Å². The maximum absolute atomic E-state index is 12.2. The SMILES string of the molecule is COCCN(CCO)C(=O)c1ccc(C#CCN)cn1. The van der Waals surface area contributed by atoms with E-state index in [1.54, 1.807) is 19.2 Å². The highest BCUT2D eigenvalue weighted by molar-refractivity contribution is 5.92. The first kappa shape index (κ1) is 16.1. The normalized spacial score (nSPS) is 9.75. The van der Waals surface area contributed by atoms with Gasteiger partial charge in [-0.3, -0.25) is 4.79 Å². The lowest BCUT2D eigenvalue weighted by Gasteiger charge is -2.20. The predicted octanol–water partition coefficient (Wildman–Crippen LogP) is -0.527. The molecule has 108 valence electrons. The van der Waals surface area contributed by atoms with Crippen LogP contribution in [0.2, 0.25) is 0 Å². The molecule has 1 amide bonds. The van der Waals surface area contributed by atoms with E-state index in [9.17, 15) is 4.79 Å². The highest BCUT2D eigenvalue weighted by Crippen LogP contribution is 2.04. The number of rotatable bonds is 6. The number of amides is 1. The van der Waals surface area contributed by atoms with Gasteiger partial charge >= 0.3 is 0 Å². The van der Waals surface area contributed by atoms with E-state index in [2.05, 4.69) is 16.8 Å². The standard InChI is InChI=1S/C14H19N3O3/c1-20-10-8-17(7-9-18)14(19)13-5-4-12(11-16-13)3-2-6-15/h4-5,11,18H,6-10,15H2,1H3. The van der Waals surface area contributed by atoms with Crippen molar-refractivity contribution in [2.45, 2.75) is 0 Å². The first-order valence-corrected chi connectivity index (χ1v) is 6.27. The lowest BCUT2D eigenvalue weighted by molar-refractivity contribution is 0.0651. The Morgan fingerprint density at radius 1 is 1.50 bits per heavy atom. The summed E-state index contributed by atoms with van der Waals surface area (Å²) in [7, 11) is 1.56. The molecule has 1 aromatic rings. The largest absolute Gasteiger partial charge is 0.395 e. The fourth-order valence-electron chi connectivity index (χ4n) is 1.55. The van der Waals surface area contributed by atoms with E-state index in [1.807, 2.05) is 0 Å². The summed E-state index contributed by atoms with van der Waals surface area (Å²) in [5, 5.41) is 8.99. The van der Waals surface area contributed by atoms with Gasteiger partial charge in [-0.1, -0.05) is 11.8 Å². The lowest BCUT2D eigenvalue weighted by atomic mass is 10.2. The fourth-order valence-corrected chi connectivity index (χ4v) is 1.55. The van der Waals surface area contributed by atoms with Crippen LogP contribution >= 0.6 is 0 Å². The topological polar surface area (TPSA) is 88.7 Å². The summed E-state index contributed by atoms with van der Waals surface area (Å²) in [6.07, 6.45) is 1.53. The van der Waals surface area contributed by atoms with Crippen LogP contribution in [-0.2, 0) is 4.74 Å². The Morgan fingerprint density at radius 2 is 2.30 bits per heavy atom. The van der Waals surface area contributed by atoms with E-state index < -0.39 is 0 Å². The Hall–Kier alpha value is -1.94. The molecule has 3 N–H and O–H groups in total. The molecule has 0 aliphatic heterocycles. The fraction of sp³-hybridized carbons (Fsp3) is 0.429. The molecular formula is C14H19N3O3. The first-order chi connectivity index (χ1) is 9.72. The quantitative estimate of drug-likeness (QED) is 0.683. The number of methoxy groups -OCH3 is 1. The number of aromatic nitrogens is 1. The second-order valence-electron chi connectivity index (χ2n) is 3.95. The lowest BCUT2D eigenvalue weighted by Crippen LogP contribution is -2.36. The van der Waals surface area contributed by atoms with Gasteiger partial charge in [-0.15, -0.1) is 0 Å². The van der Waals surface area contributed by atoms with Crippen LogP contribution < -0.4 is 5.73 Å². The molecular weight excluding hydrogens is 258 g/mol. The van der Waals surface area contributed by atoms with Crippen molar-refractivity contribution in [3.05, 3.63) is 29.6 Å². The molecule has 1 aromatic heterocycles. The number of hydrogen-bond donors (Lipinski definition) is 2. The molecule has 1 rings (SSSR count). The van der Waals surface area contributed by atoms with Crippen LogP contribution in [0.25, 0.3) is 0 Å². The number of carbonyl (C=O) groups excluding carboxylic acids is 1. The van der Waals surface area contributed by atoms with Gasteiger partial charge in [0.15, 0.2) is 0 Å². The highest BCUT2D eigenvalue weighted by Gasteiger charge is 2.16. The molecule has 0 bridgehead atoms. The zero-order valence-electron chi connectivity index (χ0n) is 11.5. The summed E-state index contributed by atoms with van der Waals surface area (Å²) < 4.78 is 4.94. The van der Waals surface area contributed by atoms with Crippen LogP contribution in [0.5, 0.6) is 0 Å².